The summed E-state index contributed by atoms with van der Waals surface area (Å²) in [6.45, 7) is 6.70. The molecular formula is C22H44O6S. The van der Waals surface area contributed by atoms with E-state index in [2.05, 4.69) is 6.92 Å². The lowest BCUT2D eigenvalue weighted by Crippen LogP contribution is -2.18. The number of hydrogen-bond acceptors (Lipinski definition) is 5. The zero-order valence-corrected chi connectivity index (χ0v) is 19.7. The van der Waals surface area contributed by atoms with E-state index in [1.54, 1.807) is 0 Å². The van der Waals surface area contributed by atoms with Crippen molar-refractivity contribution < 1.29 is 26.7 Å². The van der Waals surface area contributed by atoms with E-state index in [1.807, 2.05) is 13.8 Å². The van der Waals surface area contributed by atoms with Gasteiger partial charge in [-0.3, -0.25) is 9.35 Å². The molecule has 0 heterocycles. The lowest BCUT2D eigenvalue weighted by molar-refractivity contribution is -0.144. The molecule has 0 aliphatic heterocycles. The molecule has 0 amide bonds. The Hall–Kier alpha value is -0.660. The molecule has 1 atom stereocenters. The van der Waals surface area contributed by atoms with Crippen LogP contribution in [-0.4, -0.2) is 31.7 Å². The zero-order chi connectivity index (χ0) is 22.0. The molecule has 0 saturated heterocycles. The van der Waals surface area contributed by atoms with Crippen molar-refractivity contribution in [1.82, 2.24) is 0 Å². The third kappa shape index (κ3) is 21.9. The summed E-state index contributed by atoms with van der Waals surface area (Å²) in [7, 11) is -4.40. The predicted octanol–water partition coefficient (Wildman–Crippen LogP) is 6.25. The van der Waals surface area contributed by atoms with Crippen molar-refractivity contribution >= 4 is 16.4 Å². The average Bonchev–Trinajstić information content (AvgIpc) is 2.63. The van der Waals surface area contributed by atoms with Gasteiger partial charge in [-0.05, 0) is 25.2 Å². The molecule has 0 spiro atoms. The average molecular weight is 437 g/mol. The molecule has 0 bridgehead atoms. The Kier molecular flexibility index (Phi) is 17.7. The molecule has 1 unspecified atom stereocenters. The Morgan fingerprint density at radius 1 is 0.828 bits per heavy atom. The van der Waals surface area contributed by atoms with Crippen LogP contribution in [0.25, 0.3) is 0 Å². The van der Waals surface area contributed by atoms with Gasteiger partial charge in [-0.15, -0.1) is 0 Å². The molecule has 0 radical (unpaired) electrons. The van der Waals surface area contributed by atoms with Gasteiger partial charge < -0.3 is 4.74 Å². The van der Waals surface area contributed by atoms with Gasteiger partial charge in [0, 0.05) is 6.42 Å². The number of hydrogen-bond donors (Lipinski definition) is 1. The van der Waals surface area contributed by atoms with Gasteiger partial charge in [0.25, 0.3) is 0 Å². The molecular weight excluding hydrogens is 392 g/mol. The van der Waals surface area contributed by atoms with Crippen LogP contribution < -0.4 is 0 Å². The van der Waals surface area contributed by atoms with Crippen LogP contribution in [-0.2, 0) is 24.1 Å². The lowest BCUT2D eigenvalue weighted by Gasteiger charge is -2.15. The van der Waals surface area contributed by atoms with Crippen molar-refractivity contribution in [2.45, 2.75) is 123 Å². The van der Waals surface area contributed by atoms with Crippen molar-refractivity contribution in [2.24, 2.45) is 5.92 Å². The number of unbranched alkanes of at least 4 members (excludes halogenated alkanes) is 10. The molecule has 7 heteroatoms. The molecule has 29 heavy (non-hydrogen) atoms. The number of esters is 1. The molecule has 6 nitrogen and oxygen atoms in total. The van der Waals surface area contributed by atoms with Gasteiger partial charge in [-0.1, -0.05) is 91.4 Å². The van der Waals surface area contributed by atoms with Crippen LogP contribution in [0.4, 0.5) is 0 Å². The molecule has 0 aromatic heterocycles. The molecule has 0 rings (SSSR count). The van der Waals surface area contributed by atoms with Crippen LogP contribution >= 0.6 is 0 Å². The maximum absolute atomic E-state index is 11.5. The van der Waals surface area contributed by atoms with E-state index in [0.29, 0.717) is 31.8 Å². The monoisotopic (exact) mass is 436 g/mol. The van der Waals surface area contributed by atoms with Gasteiger partial charge >= 0.3 is 16.4 Å². The molecule has 0 fully saturated rings. The minimum atomic E-state index is -4.40. The van der Waals surface area contributed by atoms with Crippen LogP contribution in [0.15, 0.2) is 0 Å². The smallest absolute Gasteiger partial charge is 0.397 e. The van der Waals surface area contributed by atoms with Crippen LogP contribution in [0.2, 0.25) is 0 Å². The first kappa shape index (κ1) is 28.3. The Morgan fingerprint density at radius 2 is 1.31 bits per heavy atom. The number of rotatable bonds is 20. The highest BCUT2D eigenvalue weighted by Gasteiger charge is 2.16. The van der Waals surface area contributed by atoms with E-state index in [4.69, 9.17) is 13.5 Å². The Bertz CT molecular complexity index is 490. The van der Waals surface area contributed by atoms with Gasteiger partial charge in [-0.2, -0.15) is 8.42 Å². The maximum atomic E-state index is 11.5. The first-order chi connectivity index (χ1) is 13.7. The van der Waals surface area contributed by atoms with E-state index in [9.17, 15) is 13.2 Å². The highest BCUT2D eigenvalue weighted by atomic mass is 32.3. The fraction of sp³-hybridized carbons (Fsp3) is 0.955. The second kappa shape index (κ2) is 18.1. The zero-order valence-electron chi connectivity index (χ0n) is 18.9. The molecule has 1 N–H and O–H groups in total. The van der Waals surface area contributed by atoms with Crippen LogP contribution in [0.3, 0.4) is 0 Å². The molecule has 0 saturated carbocycles. The standard InChI is InChI=1S/C22H44O6S/c1-4-5-6-7-8-10-13-16-21(28-29(24,25)26)17-14-11-9-12-15-18-22(23)27-19-20(2)3/h20-21H,4-19H2,1-3H3,(H,24,25,26). The first-order valence-corrected chi connectivity index (χ1v) is 12.9. The lowest BCUT2D eigenvalue weighted by atomic mass is 10.0. The summed E-state index contributed by atoms with van der Waals surface area (Å²) < 4.78 is 41.1. The van der Waals surface area contributed by atoms with Crippen molar-refractivity contribution in [1.29, 1.82) is 0 Å². The summed E-state index contributed by atoms with van der Waals surface area (Å²) >= 11 is 0. The summed E-state index contributed by atoms with van der Waals surface area (Å²) in [6.07, 6.45) is 14.0. The summed E-state index contributed by atoms with van der Waals surface area (Å²) in [5.74, 6) is 0.230. The quantitative estimate of drug-likeness (QED) is 0.138. The summed E-state index contributed by atoms with van der Waals surface area (Å²) in [6, 6.07) is 0. The molecule has 174 valence electrons. The second-order valence-electron chi connectivity index (χ2n) is 8.44. The van der Waals surface area contributed by atoms with E-state index in [1.165, 1.54) is 25.7 Å². The fourth-order valence-electron chi connectivity index (χ4n) is 3.25. The van der Waals surface area contributed by atoms with Crippen molar-refractivity contribution in [3.05, 3.63) is 0 Å². The van der Waals surface area contributed by atoms with Gasteiger partial charge in [-0.25, -0.2) is 4.18 Å². The number of carbonyl (C=O) groups excluding carboxylic acids is 1. The molecule has 0 aromatic rings. The van der Waals surface area contributed by atoms with Gasteiger partial charge in [0.2, 0.25) is 0 Å². The minimum absolute atomic E-state index is 0.130. The van der Waals surface area contributed by atoms with Crippen LogP contribution in [0, 0.1) is 5.92 Å². The largest absolute Gasteiger partial charge is 0.465 e. The Labute approximate surface area is 179 Å². The topological polar surface area (TPSA) is 89.9 Å². The van der Waals surface area contributed by atoms with Gasteiger partial charge in [0.05, 0.1) is 12.7 Å². The van der Waals surface area contributed by atoms with Crippen molar-refractivity contribution in [2.75, 3.05) is 6.61 Å². The molecule has 0 aliphatic rings. The Balaban J connectivity index is 3.84. The van der Waals surface area contributed by atoms with E-state index >= 15 is 0 Å². The maximum Gasteiger partial charge on any atom is 0.397 e. The second-order valence-corrected chi connectivity index (χ2v) is 9.49. The third-order valence-electron chi connectivity index (χ3n) is 4.87. The Morgan fingerprint density at radius 3 is 1.79 bits per heavy atom. The molecule has 0 aliphatic carbocycles. The third-order valence-corrected chi connectivity index (χ3v) is 5.39. The van der Waals surface area contributed by atoms with E-state index in [-0.39, 0.29) is 5.97 Å². The van der Waals surface area contributed by atoms with Crippen molar-refractivity contribution in [3.63, 3.8) is 0 Å². The van der Waals surface area contributed by atoms with E-state index in [0.717, 1.165) is 51.4 Å². The van der Waals surface area contributed by atoms with Gasteiger partial charge in [0.15, 0.2) is 0 Å². The predicted molar refractivity (Wildman–Crippen MR) is 117 cm³/mol. The van der Waals surface area contributed by atoms with E-state index < -0.39 is 16.5 Å². The summed E-state index contributed by atoms with van der Waals surface area (Å²) in [5, 5.41) is 0. The van der Waals surface area contributed by atoms with Gasteiger partial charge in [0.1, 0.15) is 0 Å². The first-order valence-electron chi connectivity index (χ1n) is 11.6. The number of carbonyl (C=O) groups is 1. The number of ether oxygens (including phenoxy) is 1. The van der Waals surface area contributed by atoms with Crippen LogP contribution in [0.5, 0.6) is 0 Å². The summed E-state index contributed by atoms with van der Waals surface area (Å²) in [5.41, 5.74) is 0. The van der Waals surface area contributed by atoms with Crippen molar-refractivity contribution in [3.8, 4) is 0 Å². The minimum Gasteiger partial charge on any atom is -0.465 e. The highest BCUT2D eigenvalue weighted by Crippen LogP contribution is 2.18. The summed E-state index contributed by atoms with van der Waals surface area (Å²) in [4.78, 5) is 11.5. The fourth-order valence-corrected chi connectivity index (χ4v) is 3.78. The molecule has 0 aromatic carbocycles. The SMILES string of the molecule is CCCCCCCCCC(CCCCCCCC(=O)OCC(C)C)OS(=O)(=O)O. The van der Waals surface area contributed by atoms with Crippen LogP contribution in [0.1, 0.15) is 117 Å². The normalized spacial score (nSPS) is 13.0. The highest BCUT2D eigenvalue weighted by molar-refractivity contribution is 7.80.